The summed E-state index contributed by atoms with van der Waals surface area (Å²) in [5, 5.41) is 0. The monoisotopic (exact) mass is 931 g/mol. The van der Waals surface area contributed by atoms with Gasteiger partial charge in [0, 0.05) is 11.8 Å². The second-order valence-electron chi connectivity index (χ2n) is 25.4. The van der Waals surface area contributed by atoms with E-state index in [1.807, 2.05) is 33.4 Å². The molecule has 3 saturated carbocycles. The number of allylic oxidation sites excluding steroid dienone is 20. The molecule has 0 N–H and O–H groups in total. The molecule has 11 aliphatic rings. The van der Waals surface area contributed by atoms with Gasteiger partial charge in [-0.05, 0) is 258 Å². The Balaban J connectivity index is 1.01. The quantitative estimate of drug-likeness (QED) is 0.152. The van der Waals surface area contributed by atoms with E-state index in [2.05, 4.69) is 95.4 Å². The molecule has 0 spiro atoms. The molecule has 0 aromatic carbocycles. The molecule has 0 aromatic heterocycles. The van der Waals surface area contributed by atoms with Crippen LogP contribution in [0.5, 0.6) is 0 Å². The molecule has 16 atom stereocenters. The highest BCUT2D eigenvalue weighted by Gasteiger charge is 2.55. The van der Waals surface area contributed by atoms with Crippen molar-refractivity contribution in [3.05, 3.63) is 116 Å². The Morgan fingerprint density at radius 1 is 0.696 bits per heavy atom. The standard InChI is InChI=1S/C68H95F/c1-6-10-13-24-44(7-2)61-58-42-49(36-39-55(58)64(50-31-20-23-43(5)40-50)68-57-35-22-30-46-29-21-34-56(60(46)57)67(61)68)52(59(69)9-4)38-37-51-41-45(8-3)65-62(47-25-14-11-15-26-47)53-32-18-19-33-54(53)63(66(51)65)48-27-16-12-17-28-48/h11,13-14,16,22,24,27,30,34,38,43-51,53,55,57,59-60,62,64H,6-10,12,15,17-21,23,25-26,28-29,31-33,35-37,39-42H2,1-5H3/b24-13-,52-38-/t43-,44?,45?,46?,47?,48?,49+,50?,51?,53?,55?,57+,59?,60?,62?,64-/m0/s1. The van der Waals surface area contributed by atoms with Crippen molar-refractivity contribution in [2.45, 2.75) is 214 Å². The minimum absolute atomic E-state index is 0.316. The first kappa shape index (κ1) is 48.6. The first-order chi connectivity index (χ1) is 33.9. The minimum Gasteiger partial charge on any atom is -0.243 e. The first-order valence-electron chi connectivity index (χ1n) is 30.6. The Bertz CT molecular complexity index is 2200. The summed E-state index contributed by atoms with van der Waals surface area (Å²) in [4.78, 5) is 0. The maximum Gasteiger partial charge on any atom is 0.121 e. The number of hydrogen-bond acceptors (Lipinski definition) is 0. The zero-order valence-electron chi connectivity index (χ0n) is 44.5. The second-order valence-corrected chi connectivity index (χ2v) is 25.4. The van der Waals surface area contributed by atoms with Crippen LogP contribution in [0, 0.1) is 88.8 Å². The number of fused-ring (bicyclic) bond motifs is 4. The zero-order valence-corrected chi connectivity index (χ0v) is 44.5. The lowest BCUT2D eigenvalue weighted by molar-refractivity contribution is 0.149. The van der Waals surface area contributed by atoms with Crippen LogP contribution >= 0.6 is 0 Å². The SMILES string of the molecule is CCC/C=C\C(CC)C1=C2C[C@H](/C(=C/CC3CC(CC)C4=C3C(C3C=CCCC3)=C3CCCCC3C4C3CC=CCC3)C(F)CC)CCC2[C@H](C2CCC[C@H](C)C2)C2=C1C1=CCCC3C=CC[C@@H]2C13. The summed E-state index contributed by atoms with van der Waals surface area (Å²) < 4.78 is 17.4. The first-order valence-corrected chi connectivity index (χ1v) is 30.6. The third kappa shape index (κ3) is 8.93. The number of alkyl halides is 1. The average Bonchev–Trinajstić information content (AvgIpc) is 3.92. The number of rotatable bonds is 14. The van der Waals surface area contributed by atoms with Crippen LogP contribution in [0.2, 0.25) is 0 Å². The van der Waals surface area contributed by atoms with Crippen molar-refractivity contribution in [3.8, 4) is 0 Å². The highest BCUT2D eigenvalue weighted by atomic mass is 19.1. The van der Waals surface area contributed by atoms with Crippen molar-refractivity contribution in [2.24, 2.45) is 88.8 Å². The molecule has 0 radical (unpaired) electrons. The van der Waals surface area contributed by atoms with Gasteiger partial charge < -0.3 is 0 Å². The third-order valence-corrected chi connectivity index (χ3v) is 21.7. The molecule has 0 saturated heterocycles. The van der Waals surface area contributed by atoms with Crippen LogP contribution in [-0.4, -0.2) is 6.17 Å². The second kappa shape index (κ2) is 21.4. The van der Waals surface area contributed by atoms with Crippen molar-refractivity contribution in [3.63, 3.8) is 0 Å². The van der Waals surface area contributed by atoms with Gasteiger partial charge in [0.2, 0.25) is 0 Å². The Morgan fingerprint density at radius 3 is 2.36 bits per heavy atom. The van der Waals surface area contributed by atoms with Crippen LogP contribution in [-0.2, 0) is 0 Å². The van der Waals surface area contributed by atoms with Crippen molar-refractivity contribution in [2.75, 3.05) is 0 Å². The minimum atomic E-state index is -0.843. The van der Waals surface area contributed by atoms with E-state index in [9.17, 15) is 0 Å². The van der Waals surface area contributed by atoms with Gasteiger partial charge in [-0.3, -0.25) is 0 Å². The van der Waals surface area contributed by atoms with Crippen LogP contribution in [0.1, 0.15) is 208 Å². The number of halogens is 1. The Hall–Kier alpha value is -2.67. The van der Waals surface area contributed by atoms with Gasteiger partial charge in [-0.2, -0.15) is 0 Å². The third-order valence-electron chi connectivity index (χ3n) is 21.7. The molecule has 3 fully saturated rings. The molecule has 0 aliphatic heterocycles. The van der Waals surface area contributed by atoms with Gasteiger partial charge in [0.1, 0.15) is 6.17 Å². The molecule has 0 amide bonds. The van der Waals surface area contributed by atoms with Crippen LogP contribution in [0.15, 0.2) is 116 Å². The molecular formula is C68H95F. The van der Waals surface area contributed by atoms with Crippen LogP contribution < -0.4 is 0 Å². The van der Waals surface area contributed by atoms with E-state index in [0.29, 0.717) is 65.6 Å². The summed E-state index contributed by atoms with van der Waals surface area (Å²) in [5.74, 6) is 9.89. The molecule has 0 aromatic rings. The van der Waals surface area contributed by atoms with Gasteiger partial charge in [-0.1, -0.05) is 143 Å². The molecule has 11 aliphatic carbocycles. The molecule has 0 nitrogen and oxygen atoms in total. The van der Waals surface area contributed by atoms with Crippen molar-refractivity contribution in [1.29, 1.82) is 0 Å². The maximum absolute atomic E-state index is 17.4. The van der Waals surface area contributed by atoms with E-state index in [0.717, 1.165) is 48.9 Å². The van der Waals surface area contributed by atoms with E-state index in [-0.39, 0.29) is 0 Å². The van der Waals surface area contributed by atoms with Gasteiger partial charge >= 0.3 is 0 Å². The molecule has 11 rings (SSSR count). The smallest absolute Gasteiger partial charge is 0.121 e. The molecule has 69 heavy (non-hydrogen) atoms. The zero-order chi connectivity index (χ0) is 47.2. The summed E-state index contributed by atoms with van der Waals surface area (Å²) in [6.07, 6.45) is 59.3. The Labute approximate surface area is 421 Å². The molecule has 374 valence electrons. The van der Waals surface area contributed by atoms with E-state index in [4.69, 9.17) is 0 Å². The van der Waals surface area contributed by atoms with Gasteiger partial charge in [-0.25, -0.2) is 4.39 Å². The molecule has 0 bridgehead atoms. The lowest BCUT2D eigenvalue weighted by atomic mass is 9.55. The van der Waals surface area contributed by atoms with Crippen LogP contribution in [0.3, 0.4) is 0 Å². The molecule has 0 heterocycles. The van der Waals surface area contributed by atoms with E-state index in [1.54, 1.807) is 16.7 Å². The summed E-state index contributed by atoms with van der Waals surface area (Å²) in [6.45, 7) is 12.1. The van der Waals surface area contributed by atoms with Gasteiger partial charge in [-0.15, -0.1) is 0 Å². The summed E-state index contributed by atoms with van der Waals surface area (Å²) in [7, 11) is 0. The molecule has 1 heteroatoms. The van der Waals surface area contributed by atoms with E-state index >= 15 is 4.39 Å². The largest absolute Gasteiger partial charge is 0.243 e. The number of unbranched alkanes of at least 4 members (excludes halogenated alkanes) is 1. The van der Waals surface area contributed by atoms with Crippen molar-refractivity contribution >= 4 is 0 Å². The van der Waals surface area contributed by atoms with Gasteiger partial charge in [0.05, 0.1) is 0 Å². The fourth-order valence-corrected chi connectivity index (χ4v) is 19.0. The lowest BCUT2D eigenvalue weighted by Crippen LogP contribution is -2.39. The molecular weight excluding hydrogens is 836 g/mol. The maximum atomic E-state index is 17.4. The van der Waals surface area contributed by atoms with E-state index in [1.165, 1.54) is 153 Å². The predicted molar refractivity (Wildman–Crippen MR) is 291 cm³/mol. The topological polar surface area (TPSA) is 0 Å². The summed E-state index contributed by atoms with van der Waals surface area (Å²) in [5.41, 5.74) is 17.8. The summed E-state index contributed by atoms with van der Waals surface area (Å²) >= 11 is 0. The molecule has 12 unspecified atom stereocenters. The highest BCUT2D eigenvalue weighted by Crippen LogP contribution is 2.66. The fraction of sp³-hybridized carbons (Fsp3) is 0.706. The Kier molecular flexibility index (Phi) is 15.1. The highest BCUT2D eigenvalue weighted by molar-refractivity contribution is 5.64. The van der Waals surface area contributed by atoms with Gasteiger partial charge in [0.25, 0.3) is 0 Å². The lowest BCUT2D eigenvalue weighted by Gasteiger charge is -2.49. The predicted octanol–water partition coefficient (Wildman–Crippen LogP) is 19.6. The summed E-state index contributed by atoms with van der Waals surface area (Å²) in [6, 6.07) is 0. The van der Waals surface area contributed by atoms with Crippen LogP contribution in [0.4, 0.5) is 4.39 Å². The van der Waals surface area contributed by atoms with Crippen molar-refractivity contribution < 1.29 is 4.39 Å². The van der Waals surface area contributed by atoms with Gasteiger partial charge in [0.15, 0.2) is 0 Å². The Morgan fingerprint density at radius 2 is 1.58 bits per heavy atom. The van der Waals surface area contributed by atoms with E-state index < -0.39 is 6.17 Å². The number of hydrogen-bond donors (Lipinski definition) is 0. The normalized spacial score (nSPS) is 39.6. The van der Waals surface area contributed by atoms with Crippen LogP contribution in [0.25, 0.3) is 0 Å². The van der Waals surface area contributed by atoms with Crippen molar-refractivity contribution in [1.82, 2.24) is 0 Å². The average molecular weight is 932 g/mol. The fourth-order valence-electron chi connectivity index (χ4n) is 19.0.